The molecule has 2 rings (SSSR count). The molecule has 3 nitrogen and oxygen atoms in total. The Hall–Kier alpha value is -1.20. The first kappa shape index (κ1) is 14.2. The number of nitrogens with zero attached hydrogens (tertiary/aromatic N) is 1. The third-order valence-electron chi connectivity index (χ3n) is 2.85. The van der Waals surface area contributed by atoms with Crippen LogP contribution in [0.2, 0.25) is 0 Å². The molecule has 0 fully saturated rings. The summed E-state index contributed by atoms with van der Waals surface area (Å²) >= 11 is 5.04. The van der Waals surface area contributed by atoms with E-state index in [0.29, 0.717) is 16.7 Å². The average Bonchev–Trinajstić information content (AvgIpc) is 2.91. The van der Waals surface area contributed by atoms with Gasteiger partial charge in [-0.3, -0.25) is 4.79 Å². The highest BCUT2D eigenvalue weighted by atomic mass is 79.9. The maximum Gasteiger partial charge on any atom is 0.271 e. The van der Waals surface area contributed by atoms with Gasteiger partial charge in [0.15, 0.2) is 0 Å². The van der Waals surface area contributed by atoms with Crippen molar-refractivity contribution < 1.29 is 4.79 Å². The van der Waals surface area contributed by atoms with E-state index in [0.717, 1.165) is 0 Å². The molecule has 0 aliphatic carbocycles. The second kappa shape index (κ2) is 5.84. The highest BCUT2D eigenvalue weighted by Crippen LogP contribution is 2.26. The van der Waals surface area contributed by atoms with Crippen molar-refractivity contribution in [3.63, 3.8) is 0 Å². The molecule has 0 unspecified atom stereocenters. The number of nitrogens with one attached hydrogen (secondary N) is 1. The molecule has 0 bridgehead atoms. The van der Waals surface area contributed by atoms with Gasteiger partial charge in [-0.05, 0) is 39.5 Å². The molecule has 2 heterocycles. The van der Waals surface area contributed by atoms with Gasteiger partial charge in [0.25, 0.3) is 5.91 Å². The zero-order valence-electron chi connectivity index (χ0n) is 10.8. The first-order valence-electron chi connectivity index (χ1n) is 5.93. The van der Waals surface area contributed by atoms with E-state index < -0.39 is 0 Å². The van der Waals surface area contributed by atoms with E-state index >= 15 is 0 Å². The van der Waals surface area contributed by atoms with Crippen LogP contribution >= 0.6 is 27.3 Å². The van der Waals surface area contributed by atoms with Crippen LogP contribution in [0.15, 0.2) is 40.3 Å². The summed E-state index contributed by atoms with van der Waals surface area (Å²) in [6.45, 7) is 4.81. The van der Waals surface area contributed by atoms with E-state index in [-0.39, 0.29) is 11.3 Å². The Morgan fingerprint density at radius 2 is 2.21 bits per heavy atom. The smallest absolute Gasteiger partial charge is 0.271 e. The molecule has 0 saturated carbocycles. The van der Waals surface area contributed by atoms with Crippen LogP contribution in [0, 0.1) is 0 Å². The number of carbonyl (C=O) groups is 1. The van der Waals surface area contributed by atoms with Gasteiger partial charge in [-0.1, -0.05) is 19.9 Å². The molecular formula is C14H15BrN2OS. The van der Waals surface area contributed by atoms with Crippen LogP contribution in [0.4, 0.5) is 0 Å². The van der Waals surface area contributed by atoms with Crippen LogP contribution in [0.5, 0.6) is 0 Å². The molecule has 0 aliphatic heterocycles. The van der Waals surface area contributed by atoms with Crippen molar-refractivity contribution in [3.05, 3.63) is 50.9 Å². The zero-order chi connectivity index (χ0) is 13.9. The van der Waals surface area contributed by atoms with Crippen molar-refractivity contribution in [2.24, 2.45) is 0 Å². The van der Waals surface area contributed by atoms with Crippen LogP contribution in [0.25, 0.3) is 0 Å². The van der Waals surface area contributed by atoms with E-state index in [4.69, 9.17) is 0 Å². The minimum Gasteiger partial charge on any atom is -0.350 e. The summed E-state index contributed by atoms with van der Waals surface area (Å²) in [5, 5.41) is 4.99. The van der Waals surface area contributed by atoms with Crippen LogP contribution < -0.4 is 5.32 Å². The Kier molecular flexibility index (Phi) is 4.37. The Morgan fingerprint density at radius 1 is 1.42 bits per heavy atom. The Bertz CT molecular complexity index is 567. The predicted octanol–water partition coefficient (Wildman–Crippen LogP) is 3.61. The van der Waals surface area contributed by atoms with Crippen LogP contribution in [0.1, 0.15) is 29.2 Å². The molecule has 2 aromatic rings. The molecule has 0 atom stereocenters. The van der Waals surface area contributed by atoms with Crippen molar-refractivity contribution in [2.75, 3.05) is 6.54 Å². The van der Waals surface area contributed by atoms with Gasteiger partial charge in [0.1, 0.15) is 5.69 Å². The highest BCUT2D eigenvalue weighted by molar-refractivity contribution is 9.10. The van der Waals surface area contributed by atoms with Crippen molar-refractivity contribution >= 4 is 33.2 Å². The van der Waals surface area contributed by atoms with E-state index in [1.807, 2.05) is 17.5 Å². The Balaban J connectivity index is 2.03. The summed E-state index contributed by atoms with van der Waals surface area (Å²) in [6.07, 6.45) is 1.62. The average molecular weight is 339 g/mol. The second-order valence-corrected chi connectivity index (χ2v) is 6.68. The summed E-state index contributed by atoms with van der Waals surface area (Å²) in [4.78, 5) is 17.4. The molecule has 0 radical (unpaired) electrons. The summed E-state index contributed by atoms with van der Waals surface area (Å²) in [6, 6.07) is 7.72. The monoisotopic (exact) mass is 338 g/mol. The molecular weight excluding hydrogens is 324 g/mol. The predicted molar refractivity (Wildman–Crippen MR) is 81.6 cm³/mol. The first-order chi connectivity index (χ1) is 9.00. The van der Waals surface area contributed by atoms with E-state index in [9.17, 15) is 4.79 Å². The molecule has 0 aliphatic rings. The molecule has 0 aromatic carbocycles. The van der Waals surface area contributed by atoms with Gasteiger partial charge < -0.3 is 5.32 Å². The van der Waals surface area contributed by atoms with Gasteiger partial charge in [-0.25, -0.2) is 4.98 Å². The minimum absolute atomic E-state index is 0.0783. The van der Waals surface area contributed by atoms with Crippen molar-refractivity contribution in [1.82, 2.24) is 10.3 Å². The fourth-order valence-electron chi connectivity index (χ4n) is 1.69. The standard InChI is InChI=1S/C14H15BrN2OS/c1-14(2,11-6-4-8-19-11)9-17-13(18)12-10(15)5-3-7-16-12/h3-8H,9H2,1-2H3,(H,17,18). The number of aromatic nitrogens is 1. The first-order valence-corrected chi connectivity index (χ1v) is 7.61. The lowest BCUT2D eigenvalue weighted by atomic mass is 9.91. The summed E-state index contributed by atoms with van der Waals surface area (Å²) in [7, 11) is 0. The van der Waals surface area contributed by atoms with Crippen molar-refractivity contribution in [2.45, 2.75) is 19.3 Å². The lowest BCUT2D eigenvalue weighted by Crippen LogP contribution is -2.36. The Labute approximate surface area is 125 Å². The number of hydrogen-bond acceptors (Lipinski definition) is 3. The fraction of sp³-hybridized carbons (Fsp3) is 0.286. The largest absolute Gasteiger partial charge is 0.350 e. The lowest BCUT2D eigenvalue weighted by molar-refractivity contribution is 0.0940. The topological polar surface area (TPSA) is 42.0 Å². The van der Waals surface area contributed by atoms with Gasteiger partial charge in [0.05, 0.1) is 0 Å². The Morgan fingerprint density at radius 3 is 2.84 bits per heavy atom. The highest BCUT2D eigenvalue weighted by Gasteiger charge is 2.23. The van der Waals surface area contributed by atoms with Gasteiger partial charge in [0, 0.05) is 27.5 Å². The zero-order valence-corrected chi connectivity index (χ0v) is 13.2. The van der Waals surface area contributed by atoms with Crippen LogP contribution in [0.3, 0.4) is 0 Å². The molecule has 1 amide bonds. The molecule has 100 valence electrons. The number of thiophene rings is 1. The van der Waals surface area contributed by atoms with E-state index in [1.165, 1.54) is 4.88 Å². The van der Waals surface area contributed by atoms with Crippen molar-refractivity contribution in [3.8, 4) is 0 Å². The van der Waals surface area contributed by atoms with Crippen molar-refractivity contribution in [1.29, 1.82) is 0 Å². The third kappa shape index (κ3) is 3.42. The van der Waals surface area contributed by atoms with Gasteiger partial charge in [0.2, 0.25) is 0 Å². The van der Waals surface area contributed by atoms with Gasteiger partial charge in [-0.2, -0.15) is 0 Å². The SMILES string of the molecule is CC(C)(CNC(=O)c1ncccc1Br)c1cccs1. The third-order valence-corrected chi connectivity index (χ3v) is 4.73. The number of rotatable bonds is 4. The fourth-order valence-corrected chi connectivity index (χ4v) is 2.98. The molecule has 0 spiro atoms. The molecule has 2 aromatic heterocycles. The number of hydrogen-bond donors (Lipinski definition) is 1. The lowest BCUT2D eigenvalue weighted by Gasteiger charge is -2.23. The molecule has 1 N–H and O–H groups in total. The maximum atomic E-state index is 12.1. The number of halogens is 1. The summed E-state index contributed by atoms with van der Waals surface area (Å²) in [5.41, 5.74) is 0.343. The quantitative estimate of drug-likeness (QED) is 0.925. The molecule has 0 saturated heterocycles. The van der Waals surface area contributed by atoms with Crippen LogP contribution in [-0.2, 0) is 5.41 Å². The van der Waals surface area contributed by atoms with Crippen LogP contribution in [-0.4, -0.2) is 17.4 Å². The summed E-state index contributed by atoms with van der Waals surface area (Å²) < 4.78 is 0.710. The second-order valence-electron chi connectivity index (χ2n) is 4.88. The van der Waals surface area contributed by atoms with E-state index in [1.54, 1.807) is 23.6 Å². The number of amides is 1. The van der Waals surface area contributed by atoms with Gasteiger partial charge in [-0.15, -0.1) is 11.3 Å². The summed E-state index contributed by atoms with van der Waals surface area (Å²) in [5.74, 6) is -0.155. The normalized spacial score (nSPS) is 11.3. The minimum atomic E-state index is -0.155. The number of carbonyl (C=O) groups excluding carboxylic acids is 1. The molecule has 5 heteroatoms. The number of pyridine rings is 1. The molecule has 19 heavy (non-hydrogen) atoms. The van der Waals surface area contributed by atoms with E-state index in [2.05, 4.69) is 46.1 Å². The maximum absolute atomic E-state index is 12.1. The van der Waals surface area contributed by atoms with Gasteiger partial charge >= 0.3 is 0 Å².